The number of hydrogen-bond acceptors (Lipinski definition) is 2. The van der Waals surface area contributed by atoms with Crippen molar-refractivity contribution in [1.29, 1.82) is 0 Å². The Morgan fingerprint density at radius 2 is 2.19 bits per heavy atom. The Balaban J connectivity index is 1.86. The lowest BCUT2D eigenvalue weighted by Crippen LogP contribution is -2.37. The summed E-state index contributed by atoms with van der Waals surface area (Å²) >= 11 is 0. The smallest absolute Gasteiger partial charge is 0.122 e. The third-order valence-electron chi connectivity index (χ3n) is 4.01. The molecule has 1 aliphatic rings. The van der Waals surface area contributed by atoms with Gasteiger partial charge in [0.25, 0.3) is 0 Å². The van der Waals surface area contributed by atoms with Gasteiger partial charge in [0, 0.05) is 18.4 Å². The van der Waals surface area contributed by atoms with Crippen molar-refractivity contribution in [2.75, 3.05) is 0 Å². The maximum Gasteiger partial charge on any atom is 0.122 e. The lowest BCUT2D eigenvalue weighted by molar-refractivity contribution is 0.216. The van der Waals surface area contributed by atoms with Crippen molar-refractivity contribution in [1.82, 2.24) is 15.3 Å². The maximum absolute atomic E-state index is 4.30. The van der Waals surface area contributed by atoms with Crippen LogP contribution in [-0.4, -0.2) is 16.0 Å². The van der Waals surface area contributed by atoms with Gasteiger partial charge in [-0.15, -0.1) is 0 Å². The molecule has 3 nitrogen and oxygen atoms in total. The molecule has 0 radical (unpaired) electrons. The van der Waals surface area contributed by atoms with Crippen LogP contribution in [0, 0.1) is 11.8 Å². The average Bonchev–Trinajstić information content (AvgIpc) is 2.77. The molecule has 90 valence electrons. The van der Waals surface area contributed by atoms with Crippen LogP contribution in [0.3, 0.4) is 0 Å². The predicted octanol–water partition coefficient (Wildman–Crippen LogP) is 2.89. The summed E-state index contributed by atoms with van der Waals surface area (Å²) in [6.45, 7) is 6.93. The zero-order valence-electron chi connectivity index (χ0n) is 10.5. The van der Waals surface area contributed by atoms with E-state index in [1.165, 1.54) is 19.3 Å². The van der Waals surface area contributed by atoms with Crippen molar-refractivity contribution in [3.05, 3.63) is 18.2 Å². The van der Waals surface area contributed by atoms with Gasteiger partial charge in [0.2, 0.25) is 0 Å². The van der Waals surface area contributed by atoms with Gasteiger partial charge in [-0.2, -0.15) is 0 Å². The molecule has 0 amide bonds. The molecule has 2 N–H and O–H groups in total. The van der Waals surface area contributed by atoms with Crippen LogP contribution in [0.4, 0.5) is 0 Å². The summed E-state index contributed by atoms with van der Waals surface area (Å²) in [7, 11) is 0. The fraction of sp³-hybridized carbons (Fsp3) is 0.769. The lowest BCUT2D eigenvalue weighted by Gasteiger charge is -2.34. The Labute approximate surface area is 98.1 Å². The van der Waals surface area contributed by atoms with Crippen LogP contribution >= 0.6 is 0 Å². The van der Waals surface area contributed by atoms with Crippen LogP contribution in [0.25, 0.3) is 0 Å². The molecule has 4 unspecified atom stereocenters. The topological polar surface area (TPSA) is 40.7 Å². The molecule has 1 fully saturated rings. The molecule has 1 heterocycles. The normalized spacial score (nSPS) is 32.6. The van der Waals surface area contributed by atoms with Gasteiger partial charge in [-0.05, 0) is 38.0 Å². The SMILES string of the molecule is CC(NC1CCC(C)C(C)C1)c1ncc[nH]1. The summed E-state index contributed by atoms with van der Waals surface area (Å²) in [6.07, 6.45) is 7.66. The first kappa shape index (κ1) is 11.6. The molecule has 0 bridgehead atoms. The van der Waals surface area contributed by atoms with Crippen molar-refractivity contribution in [3.63, 3.8) is 0 Å². The number of H-pyrrole nitrogens is 1. The molecule has 1 aromatic rings. The van der Waals surface area contributed by atoms with E-state index in [0.29, 0.717) is 12.1 Å². The Hall–Kier alpha value is -0.830. The van der Waals surface area contributed by atoms with E-state index in [1.54, 1.807) is 0 Å². The van der Waals surface area contributed by atoms with E-state index in [-0.39, 0.29) is 0 Å². The number of hydrogen-bond donors (Lipinski definition) is 2. The first-order valence-corrected chi connectivity index (χ1v) is 6.42. The van der Waals surface area contributed by atoms with E-state index in [4.69, 9.17) is 0 Å². The fourth-order valence-electron chi connectivity index (χ4n) is 2.65. The summed E-state index contributed by atoms with van der Waals surface area (Å²) < 4.78 is 0. The third kappa shape index (κ3) is 2.64. The molecule has 4 atom stereocenters. The van der Waals surface area contributed by atoms with Crippen LogP contribution in [-0.2, 0) is 0 Å². The quantitative estimate of drug-likeness (QED) is 0.824. The number of aromatic nitrogens is 2. The highest BCUT2D eigenvalue weighted by molar-refractivity contribution is 4.95. The zero-order valence-corrected chi connectivity index (χ0v) is 10.5. The van der Waals surface area contributed by atoms with Crippen LogP contribution in [0.15, 0.2) is 12.4 Å². The van der Waals surface area contributed by atoms with E-state index in [1.807, 2.05) is 12.4 Å². The predicted molar refractivity (Wildman–Crippen MR) is 66.1 cm³/mol. The second-order valence-electron chi connectivity index (χ2n) is 5.33. The summed E-state index contributed by atoms with van der Waals surface area (Å²) in [4.78, 5) is 7.47. The monoisotopic (exact) mass is 221 g/mol. The van der Waals surface area contributed by atoms with Crippen molar-refractivity contribution in [3.8, 4) is 0 Å². The number of aromatic amines is 1. The highest BCUT2D eigenvalue weighted by Crippen LogP contribution is 2.30. The first-order valence-electron chi connectivity index (χ1n) is 6.42. The Bertz CT molecular complexity index is 307. The van der Waals surface area contributed by atoms with Crippen molar-refractivity contribution in [2.45, 2.75) is 52.1 Å². The number of imidazole rings is 1. The fourth-order valence-corrected chi connectivity index (χ4v) is 2.65. The number of rotatable bonds is 3. The molecule has 0 spiro atoms. The van der Waals surface area contributed by atoms with E-state index >= 15 is 0 Å². The van der Waals surface area contributed by atoms with Gasteiger partial charge in [-0.1, -0.05) is 13.8 Å². The minimum absolute atomic E-state index is 0.334. The molecule has 1 aromatic heterocycles. The average molecular weight is 221 g/mol. The van der Waals surface area contributed by atoms with E-state index < -0.39 is 0 Å². The summed E-state index contributed by atoms with van der Waals surface area (Å²) in [5, 5.41) is 3.68. The van der Waals surface area contributed by atoms with Gasteiger partial charge in [-0.3, -0.25) is 0 Å². The largest absolute Gasteiger partial charge is 0.347 e. The molecule has 1 aliphatic carbocycles. The van der Waals surface area contributed by atoms with Crippen LogP contribution < -0.4 is 5.32 Å². The van der Waals surface area contributed by atoms with Gasteiger partial charge < -0.3 is 10.3 Å². The molecule has 16 heavy (non-hydrogen) atoms. The maximum atomic E-state index is 4.30. The highest BCUT2D eigenvalue weighted by Gasteiger charge is 2.25. The second-order valence-corrected chi connectivity index (χ2v) is 5.33. The Kier molecular flexibility index (Phi) is 3.64. The molecule has 3 heteroatoms. The summed E-state index contributed by atoms with van der Waals surface area (Å²) in [5.41, 5.74) is 0. The lowest BCUT2D eigenvalue weighted by atomic mass is 9.79. The van der Waals surface area contributed by atoms with Gasteiger partial charge in [0.05, 0.1) is 6.04 Å². The second kappa shape index (κ2) is 5.00. The summed E-state index contributed by atoms with van der Waals surface area (Å²) in [5.74, 6) is 2.78. The van der Waals surface area contributed by atoms with Crippen molar-refractivity contribution < 1.29 is 0 Å². The zero-order chi connectivity index (χ0) is 11.5. The standard InChI is InChI=1S/C13H23N3/c1-9-4-5-12(8-10(9)2)16-11(3)13-14-6-7-15-13/h6-7,9-12,16H,4-5,8H2,1-3H3,(H,14,15). The van der Waals surface area contributed by atoms with Crippen LogP contribution in [0.1, 0.15) is 51.9 Å². The number of nitrogens with one attached hydrogen (secondary N) is 2. The van der Waals surface area contributed by atoms with Gasteiger partial charge >= 0.3 is 0 Å². The summed E-state index contributed by atoms with van der Waals surface area (Å²) in [6, 6.07) is 0.993. The Morgan fingerprint density at radius 1 is 1.38 bits per heavy atom. The molecular formula is C13H23N3. The third-order valence-corrected chi connectivity index (χ3v) is 4.01. The van der Waals surface area contributed by atoms with E-state index in [2.05, 4.69) is 36.1 Å². The molecular weight excluding hydrogens is 198 g/mol. The van der Waals surface area contributed by atoms with E-state index in [0.717, 1.165) is 17.7 Å². The van der Waals surface area contributed by atoms with Crippen LogP contribution in [0.5, 0.6) is 0 Å². The van der Waals surface area contributed by atoms with Gasteiger partial charge in [-0.25, -0.2) is 4.98 Å². The minimum atomic E-state index is 0.334. The first-order chi connectivity index (χ1) is 7.66. The number of nitrogens with zero attached hydrogens (tertiary/aromatic N) is 1. The molecule has 0 aliphatic heterocycles. The van der Waals surface area contributed by atoms with Gasteiger partial charge in [0.1, 0.15) is 5.82 Å². The van der Waals surface area contributed by atoms with Gasteiger partial charge in [0.15, 0.2) is 0 Å². The molecule has 2 rings (SSSR count). The molecule has 0 aromatic carbocycles. The Morgan fingerprint density at radius 3 is 2.81 bits per heavy atom. The highest BCUT2D eigenvalue weighted by atomic mass is 15.0. The van der Waals surface area contributed by atoms with Crippen molar-refractivity contribution >= 4 is 0 Å². The van der Waals surface area contributed by atoms with E-state index in [9.17, 15) is 0 Å². The molecule has 0 saturated heterocycles. The van der Waals surface area contributed by atoms with Crippen LogP contribution in [0.2, 0.25) is 0 Å². The minimum Gasteiger partial charge on any atom is -0.347 e. The van der Waals surface area contributed by atoms with Crippen molar-refractivity contribution in [2.24, 2.45) is 11.8 Å². The molecule has 1 saturated carbocycles.